The molecule has 1 heterocycles. The molecule has 0 saturated carbocycles. The number of nitrogens with zero attached hydrogens (tertiary/aromatic N) is 1. The molecule has 2 aromatic rings. The maximum atomic E-state index is 13.3. The minimum Gasteiger partial charge on any atom is -0.321 e. The van der Waals surface area contributed by atoms with E-state index in [0.29, 0.717) is 10.9 Å². The van der Waals surface area contributed by atoms with Crippen LogP contribution >= 0.6 is 11.6 Å². The van der Waals surface area contributed by atoms with Crippen molar-refractivity contribution in [1.29, 1.82) is 0 Å². The van der Waals surface area contributed by atoms with Crippen molar-refractivity contribution in [1.82, 2.24) is 4.98 Å². The number of aromatic nitrogens is 1. The van der Waals surface area contributed by atoms with Crippen LogP contribution in [0.1, 0.15) is 26.3 Å². The Labute approximate surface area is 128 Å². The minimum absolute atomic E-state index is 0.0318. The molecule has 0 bridgehead atoms. The molecule has 0 aliphatic rings. The summed E-state index contributed by atoms with van der Waals surface area (Å²) in [7, 11) is -1.46. The quantitative estimate of drug-likeness (QED) is 0.860. The number of hydrogen-bond acceptors (Lipinski definition) is 2. The number of pyridine rings is 1. The molecule has 4 nitrogen and oxygen atoms in total. The first kappa shape index (κ1) is 15.9. The summed E-state index contributed by atoms with van der Waals surface area (Å²) in [5.41, 5.74) is 0.151. The fourth-order valence-corrected chi connectivity index (χ4v) is 2.27. The lowest BCUT2D eigenvalue weighted by Gasteiger charge is -2.12. The molecule has 0 radical (unpaired) electrons. The normalized spacial score (nSPS) is 14.0. The van der Waals surface area contributed by atoms with Gasteiger partial charge >= 0.3 is 0 Å². The average Bonchev–Trinajstić information content (AvgIpc) is 2.37. The summed E-state index contributed by atoms with van der Waals surface area (Å²) in [5, 5.41) is 0.541. The Morgan fingerprint density at radius 2 is 2.00 bits per heavy atom. The largest absolute Gasteiger partial charge is 0.321 e. The van der Waals surface area contributed by atoms with Gasteiger partial charge in [0.2, 0.25) is 0 Å². The molecule has 0 aliphatic carbocycles. The van der Waals surface area contributed by atoms with Gasteiger partial charge in [-0.15, -0.1) is 0 Å². The van der Waals surface area contributed by atoms with Crippen LogP contribution in [0, 0.1) is 5.82 Å². The van der Waals surface area contributed by atoms with Gasteiger partial charge in [0.25, 0.3) is 5.56 Å². The molecule has 112 valence electrons. The molecule has 0 saturated heterocycles. The van der Waals surface area contributed by atoms with E-state index in [2.05, 4.69) is 9.38 Å². The van der Waals surface area contributed by atoms with Gasteiger partial charge in [-0.25, -0.2) is 8.60 Å². The van der Waals surface area contributed by atoms with Crippen LogP contribution in [0.15, 0.2) is 27.4 Å². The van der Waals surface area contributed by atoms with Gasteiger partial charge in [0.15, 0.2) is 0 Å². The van der Waals surface area contributed by atoms with E-state index in [9.17, 15) is 13.4 Å². The van der Waals surface area contributed by atoms with E-state index in [4.69, 9.17) is 11.6 Å². The number of benzene rings is 1. The summed E-state index contributed by atoms with van der Waals surface area (Å²) < 4.78 is 28.6. The van der Waals surface area contributed by atoms with Crippen LogP contribution in [0.5, 0.6) is 0 Å². The number of halogens is 2. The van der Waals surface area contributed by atoms with Gasteiger partial charge in [-0.3, -0.25) is 4.79 Å². The van der Waals surface area contributed by atoms with Gasteiger partial charge in [-0.05, 0) is 39.0 Å². The monoisotopic (exact) mass is 328 g/mol. The zero-order chi connectivity index (χ0) is 15.8. The molecule has 21 heavy (non-hydrogen) atoms. The van der Waals surface area contributed by atoms with Crippen LogP contribution < -0.4 is 5.56 Å². The van der Waals surface area contributed by atoms with Crippen LogP contribution in [0.2, 0.25) is 5.02 Å². The standard InChI is InChI=1S/C14H14ClFN2O2S/c1-14(2,3)21(20)17-7-9-4-8-5-10(15)11(16)6-12(8)18-13(9)19/h4-7H,1-3H3,(H,18,19)/t21-/m0/s1. The molecule has 2 rings (SSSR count). The highest BCUT2D eigenvalue weighted by atomic mass is 35.5. The molecule has 1 aromatic heterocycles. The second-order valence-corrected chi connectivity index (χ2v) is 7.84. The van der Waals surface area contributed by atoms with Crippen LogP contribution in [0.4, 0.5) is 4.39 Å². The first-order valence-electron chi connectivity index (χ1n) is 6.16. The van der Waals surface area contributed by atoms with E-state index >= 15 is 0 Å². The van der Waals surface area contributed by atoms with Crippen molar-refractivity contribution in [2.45, 2.75) is 25.5 Å². The average molecular weight is 329 g/mol. The van der Waals surface area contributed by atoms with Gasteiger partial charge in [-0.2, -0.15) is 4.40 Å². The van der Waals surface area contributed by atoms with Gasteiger partial charge in [0.1, 0.15) is 16.8 Å². The Morgan fingerprint density at radius 3 is 2.62 bits per heavy atom. The summed E-state index contributed by atoms with van der Waals surface area (Å²) in [6.07, 6.45) is 1.26. The van der Waals surface area contributed by atoms with E-state index in [1.165, 1.54) is 18.3 Å². The Morgan fingerprint density at radius 1 is 1.33 bits per heavy atom. The van der Waals surface area contributed by atoms with Crippen molar-refractivity contribution in [2.24, 2.45) is 4.40 Å². The maximum Gasteiger partial charge on any atom is 0.257 e. The lowest BCUT2D eigenvalue weighted by molar-refractivity contribution is 0.630. The van der Waals surface area contributed by atoms with Gasteiger partial charge in [0.05, 0.1) is 27.1 Å². The molecule has 0 unspecified atom stereocenters. The van der Waals surface area contributed by atoms with Crippen molar-refractivity contribution in [3.63, 3.8) is 0 Å². The fraction of sp³-hybridized carbons (Fsp3) is 0.286. The third-order valence-corrected chi connectivity index (χ3v) is 4.36. The van der Waals surface area contributed by atoms with Crippen molar-refractivity contribution in [3.05, 3.63) is 45.0 Å². The topological polar surface area (TPSA) is 62.3 Å². The lowest BCUT2D eigenvalue weighted by Crippen LogP contribution is -2.20. The van der Waals surface area contributed by atoms with Crippen LogP contribution in [0.25, 0.3) is 10.9 Å². The van der Waals surface area contributed by atoms with Gasteiger partial charge in [-0.1, -0.05) is 11.6 Å². The second-order valence-electron chi connectivity index (χ2n) is 5.50. The van der Waals surface area contributed by atoms with Gasteiger partial charge < -0.3 is 4.98 Å². The third-order valence-electron chi connectivity index (χ3n) is 2.73. The third kappa shape index (κ3) is 3.57. The van der Waals surface area contributed by atoms with Crippen molar-refractivity contribution >= 4 is 39.7 Å². The van der Waals surface area contributed by atoms with E-state index in [1.807, 2.05) is 0 Å². The van der Waals surface area contributed by atoms with Gasteiger partial charge in [0, 0.05) is 5.39 Å². The zero-order valence-corrected chi connectivity index (χ0v) is 13.3. The van der Waals surface area contributed by atoms with Crippen LogP contribution in [0.3, 0.4) is 0 Å². The Balaban J connectivity index is 2.49. The number of fused-ring (bicyclic) bond motifs is 1. The first-order valence-corrected chi connectivity index (χ1v) is 7.65. The summed E-state index contributed by atoms with van der Waals surface area (Å²) in [4.78, 5) is 14.4. The highest BCUT2D eigenvalue weighted by Crippen LogP contribution is 2.21. The summed E-state index contributed by atoms with van der Waals surface area (Å²) in [6.45, 7) is 5.36. The van der Waals surface area contributed by atoms with E-state index in [1.54, 1.807) is 20.8 Å². The molecule has 0 fully saturated rings. The number of rotatable bonds is 2. The van der Waals surface area contributed by atoms with E-state index in [-0.39, 0.29) is 10.6 Å². The van der Waals surface area contributed by atoms with Crippen LogP contribution in [-0.4, -0.2) is 20.2 Å². The Hall–Kier alpha value is -1.53. The molecule has 1 atom stereocenters. The zero-order valence-electron chi connectivity index (χ0n) is 11.7. The first-order chi connectivity index (χ1) is 9.68. The predicted molar refractivity (Wildman–Crippen MR) is 85.0 cm³/mol. The SMILES string of the molecule is CC(C)(C)[S@](=O)N=Cc1cc2cc(Cl)c(F)cc2[nH]c1=O. The number of H-pyrrole nitrogens is 1. The molecular formula is C14H14ClFN2O2S. The molecule has 1 aromatic carbocycles. The highest BCUT2D eigenvalue weighted by Gasteiger charge is 2.18. The summed E-state index contributed by atoms with van der Waals surface area (Å²) in [5.74, 6) is -0.602. The highest BCUT2D eigenvalue weighted by molar-refractivity contribution is 7.85. The maximum absolute atomic E-state index is 13.3. The fourth-order valence-electron chi connectivity index (χ4n) is 1.58. The Kier molecular flexibility index (Phi) is 4.30. The molecule has 0 amide bonds. The predicted octanol–water partition coefficient (Wildman–Crippen LogP) is 3.20. The second kappa shape index (κ2) is 5.69. The summed E-state index contributed by atoms with van der Waals surface area (Å²) >= 11 is 5.72. The molecule has 0 aliphatic heterocycles. The van der Waals surface area contributed by atoms with Crippen molar-refractivity contribution < 1.29 is 8.60 Å². The molecule has 0 spiro atoms. The summed E-state index contributed by atoms with van der Waals surface area (Å²) in [6, 6.07) is 4.11. The lowest BCUT2D eigenvalue weighted by atomic mass is 10.1. The molecular weight excluding hydrogens is 315 g/mol. The number of nitrogens with one attached hydrogen (secondary N) is 1. The molecule has 1 N–H and O–H groups in total. The number of aromatic amines is 1. The number of hydrogen-bond donors (Lipinski definition) is 1. The van der Waals surface area contributed by atoms with E-state index in [0.717, 1.165) is 6.07 Å². The smallest absolute Gasteiger partial charge is 0.257 e. The van der Waals surface area contributed by atoms with Crippen molar-refractivity contribution in [3.8, 4) is 0 Å². The minimum atomic E-state index is -1.46. The Bertz CT molecular complexity index is 809. The van der Waals surface area contributed by atoms with E-state index < -0.39 is 27.1 Å². The van der Waals surface area contributed by atoms with Crippen molar-refractivity contribution in [2.75, 3.05) is 0 Å². The molecule has 7 heteroatoms. The van der Waals surface area contributed by atoms with Crippen LogP contribution in [-0.2, 0) is 11.0 Å².